The summed E-state index contributed by atoms with van der Waals surface area (Å²) in [5.41, 5.74) is 0.771. The quantitative estimate of drug-likeness (QED) is 0.819. The van der Waals surface area contributed by atoms with E-state index in [0.717, 1.165) is 23.0 Å². The number of benzene rings is 1. The largest absolute Gasteiger partial charge is 0.497 e. The normalized spacial score (nSPS) is 22.3. The Morgan fingerprint density at radius 2 is 2.05 bits per heavy atom. The maximum absolute atomic E-state index is 12.8. The fourth-order valence-corrected chi connectivity index (χ4v) is 3.50. The van der Waals surface area contributed by atoms with Gasteiger partial charge in [0.05, 0.1) is 7.11 Å². The second-order valence-electron chi connectivity index (χ2n) is 5.33. The summed E-state index contributed by atoms with van der Waals surface area (Å²) >= 11 is 3.43. The number of carbonyl (C=O) groups is 2. The van der Waals surface area contributed by atoms with Crippen LogP contribution in [0, 0.1) is 0 Å². The summed E-state index contributed by atoms with van der Waals surface area (Å²) in [5, 5.41) is 0. The summed E-state index contributed by atoms with van der Waals surface area (Å²) in [6, 6.07) is 5.26. The first-order chi connectivity index (χ1) is 10.1. The molecule has 2 amide bonds. The van der Waals surface area contributed by atoms with Gasteiger partial charge in [0.25, 0.3) is 0 Å². The second kappa shape index (κ2) is 5.67. The Kier molecular flexibility index (Phi) is 3.89. The Morgan fingerprint density at radius 3 is 2.81 bits per heavy atom. The van der Waals surface area contributed by atoms with Crippen LogP contribution in [0.25, 0.3) is 0 Å². The predicted molar refractivity (Wildman–Crippen MR) is 82.4 cm³/mol. The third-order valence-electron chi connectivity index (χ3n) is 4.08. The number of methoxy groups -OCH3 is 1. The molecule has 0 spiro atoms. The number of ether oxygens (including phenoxy) is 1. The number of anilines is 1. The maximum atomic E-state index is 12.8. The van der Waals surface area contributed by atoms with Crippen molar-refractivity contribution in [3.63, 3.8) is 0 Å². The molecule has 0 saturated carbocycles. The number of fused-ring (bicyclic) bond motifs is 1. The average molecular weight is 353 g/mol. The Hall–Kier alpha value is -1.56. The number of nitrogens with zero attached hydrogens (tertiary/aromatic N) is 2. The van der Waals surface area contributed by atoms with Crippen molar-refractivity contribution in [2.75, 3.05) is 25.1 Å². The second-order valence-corrected chi connectivity index (χ2v) is 6.25. The van der Waals surface area contributed by atoms with Gasteiger partial charge in [-0.25, -0.2) is 0 Å². The van der Waals surface area contributed by atoms with Crippen LogP contribution >= 0.6 is 15.9 Å². The molecule has 2 aliphatic heterocycles. The van der Waals surface area contributed by atoms with E-state index < -0.39 is 0 Å². The molecule has 1 atom stereocenters. The molecule has 2 heterocycles. The van der Waals surface area contributed by atoms with Crippen molar-refractivity contribution >= 4 is 33.4 Å². The molecule has 1 aromatic carbocycles. The first-order valence-corrected chi connectivity index (χ1v) is 7.85. The molecule has 3 rings (SSSR count). The molecule has 112 valence electrons. The third-order valence-corrected chi connectivity index (χ3v) is 4.53. The Labute approximate surface area is 132 Å². The molecule has 0 radical (unpaired) electrons. The molecular weight excluding hydrogens is 336 g/mol. The van der Waals surface area contributed by atoms with Crippen LogP contribution in [0.15, 0.2) is 22.7 Å². The van der Waals surface area contributed by atoms with Crippen molar-refractivity contribution in [1.82, 2.24) is 4.90 Å². The highest BCUT2D eigenvalue weighted by atomic mass is 79.9. The van der Waals surface area contributed by atoms with Gasteiger partial charge >= 0.3 is 0 Å². The number of rotatable bonds is 2. The van der Waals surface area contributed by atoms with Crippen LogP contribution in [-0.2, 0) is 9.59 Å². The van der Waals surface area contributed by atoms with Crippen molar-refractivity contribution in [2.24, 2.45) is 0 Å². The molecule has 0 N–H and O–H groups in total. The molecule has 1 aromatic rings. The fourth-order valence-electron chi connectivity index (χ4n) is 3.04. The van der Waals surface area contributed by atoms with E-state index in [2.05, 4.69) is 15.9 Å². The molecule has 0 aromatic heterocycles. The van der Waals surface area contributed by atoms with Gasteiger partial charge in [-0.1, -0.05) is 15.9 Å². The van der Waals surface area contributed by atoms with Gasteiger partial charge in [-0.2, -0.15) is 0 Å². The standard InChI is InChI=1S/C15H17BrN2O3/c1-21-12-8-10(16)7-11(9-12)17-6-4-14(19)18-5-2-3-13(18)15(17)20/h7-9,13H,2-6H2,1H3. The highest BCUT2D eigenvalue weighted by Gasteiger charge is 2.39. The van der Waals surface area contributed by atoms with Crippen molar-refractivity contribution in [3.05, 3.63) is 22.7 Å². The molecule has 2 fully saturated rings. The van der Waals surface area contributed by atoms with Crippen LogP contribution in [0.3, 0.4) is 0 Å². The lowest BCUT2D eigenvalue weighted by Crippen LogP contribution is -2.43. The molecule has 1 unspecified atom stereocenters. The van der Waals surface area contributed by atoms with Gasteiger partial charge in [0.2, 0.25) is 11.8 Å². The Morgan fingerprint density at radius 1 is 1.24 bits per heavy atom. The Bertz CT molecular complexity index is 590. The molecule has 2 aliphatic rings. The predicted octanol–water partition coefficient (Wildman–Crippen LogP) is 2.19. The minimum absolute atomic E-state index is 0.0125. The zero-order chi connectivity index (χ0) is 15.0. The number of amides is 2. The summed E-state index contributed by atoms with van der Waals surface area (Å²) in [5.74, 6) is 0.778. The minimum Gasteiger partial charge on any atom is -0.497 e. The van der Waals surface area contributed by atoms with Crippen LogP contribution in [-0.4, -0.2) is 43.0 Å². The Balaban J connectivity index is 1.96. The van der Waals surface area contributed by atoms with Crippen LogP contribution in [0.1, 0.15) is 19.3 Å². The van der Waals surface area contributed by atoms with Gasteiger partial charge in [-0.3, -0.25) is 9.59 Å². The van der Waals surface area contributed by atoms with E-state index in [1.807, 2.05) is 18.2 Å². The lowest BCUT2D eigenvalue weighted by Gasteiger charge is -2.25. The summed E-state index contributed by atoms with van der Waals surface area (Å²) in [6.45, 7) is 1.12. The minimum atomic E-state index is -0.301. The molecule has 2 saturated heterocycles. The van der Waals surface area contributed by atoms with Gasteiger partial charge in [-0.05, 0) is 25.0 Å². The monoisotopic (exact) mass is 352 g/mol. The van der Waals surface area contributed by atoms with E-state index in [1.165, 1.54) is 0 Å². The van der Waals surface area contributed by atoms with Gasteiger partial charge in [0.1, 0.15) is 11.8 Å². The third kappa shape index (κ3) is 2.64. The van der Waals surface area contributed by atoms with Gasteiger partial charge in [0.15, 0.2) is 0 Å². The van der Waals surface area contributed by atoms with Gasteiger partial charge in [-0.15, -0.1) is 0 Å². The summed E-state index contributed by atoms with van der Waals surface area (Å²) in [6.07, 6.45) is 2.03. The van der Waals surface area contributed by atoms with E-state index in [9.17, 15) is 9.59 Å². The van der Waals surface area contributed by atoms with E-state index in [0.29, 0.717) is 25.3 Å². The molecule has 0 aliphatic carbocycles. The lowest BCUT2D eigenvalue weighted by atomic mass is 10.2. The van der Waals surface area contributed by atoms with E-state index in [-0.39, 0.29) is 17.9 Å². The van der Waals surface area contributed by atoms with E-state index in [4.69, 9.17) is 4.74 Å². The zero-order valence-corrected chi connectivity index (χ0v) is 13.4. The molecule has 21 heavy (non-hydrogen) atoms. The highest BCUT2D eigenvalue weighted by Crippen LogP contribution is 2.31. The van der Waals surface area contributed by atoms with Gasteiger partial charge < -0.3 is 14.5 Å². The van der Waals surface area contributed by atoms with E-state index in [1.54, 1.807) is 16.9 Å². The maximum Gasteiger partial charge on any atom is 0.249 e. The molecule has 5 nitrogen and oxygen atoms in total. The van der Waals surface area contributed by atoms with Crippen LogP contribution in [0.2, 0.25) is 0 Å². The zero-order valence-electron chi connectivity index (χ0n) is 11.8. The lowest BCUT2D eigenvalue weighted by molar-refractivity contribution is -0.135. The van der Waals surface area contributed by atoms with Crippen LogP contribution in [0.5, 0.6) is 5.75 Å². The molecular formula is C15H17BrN2O3. The van der Waals surface area contributed by atoms with E-state index >= 15 is 0 Å². The van der Waals surface area contributed by atoms with Crippen LogP contribution in [0.4, 0.5) is 5.69 Å². The number of halogens is 1. The first kappa shape index (κ1) is 14.4. The topological polar surface area (TPSA) is 49.9 Å². The summed E-state index contributed by atoms with van der Waals surface area (Å²) < 4.78 is 6.11. The summed E-state index contributed by atoms with van der Waals surface area (Å²) in [4.78, 5) is 28.3. The van der Waals surface area contributed by atoms with Crippen molar-refractivity contribution in [1.29, 1.82) is 0 Å². The van der Waals surface area contributed by atoms with Crippen molar-refractivity contribution in [2.45, 2.75) is 25.3 Å². The fraction of sp³-hybridized carbons (Fsp3) is 0.467. The number of carbonyl (C=O) groups excluding carboxylic acids is 2. The SMILES string of the molecule is COc1cc(Br)cc(N2CCC(=O)N3CCCC3C2=O)c1. The summed E-state index contributed by atoms with van der Waals surface area (Å²) in [7, 11) is 1.60. The molecule has 0 bridgehead atoms. The highest BCUT2D eigenvalue weighted by molar-refractivity contribution is 9.10. The smallest absolute Gasteiger partial charge is 0.249 e. The van der Waals surface area contributed by atoms with Crippen LogP contribution < -0.4 is 9.64 Å². The first-order valence-electron chi connectivity index (χ1n) is 7.05. The molecule has 6 heteroatoms. The number of hydrogen-bond acceptors (Lipinski definition) is 3. The number of hydrogen-bond donors (Lipinski definition) is 0. The van der Waals surface area contributed by atoms with Gasteiger partial charge in [0, 0.05) is 35.7 Å². The average Bonchev–Trinajstić information content (AvgIpc) is 2.92. The van der Waals surface area contributed by atoms with Crippen molar-refractivity contribution in [3.8, 4) is 5.75 Å². The van der Waals surface area contributed by atoms with Crippen molar-refractivity contribution < 1.29 is 14.3 Å².